The summed E-state index contributed by atoms with van der Waals surface area (Å²) in [6.07, 6.45) is 3.55. The van der Waals surface area contributed by atoms with Gasteiger partial charge in [0.2, 0.25) is 0 Å². The molecule has 4 heteroatoms. The molecular formula is C25H48O4. The smallest absolute Gasteiger partial charge is 0.0893 e. The normalized spacial score (nSPS) is 30.8. The highest BCUT2D eigenvalue weighted by molar-refractivity contribution is 4.97. The molecule has 2 rings (SSSR count). The van der Waals surface area contributed by atoms with Gasteiger partial charge in [0.1, 0.15) is 0 Å². The zero-order valence-electron chi connectivity index (χ0n) is 20.9. The average molecular weight is 413 g/mol. The van der Waals surface area contributed by atoms with E-state index in [1.165, 1.54) is 0 Å². The number of rotatable bonds is 5. The van der Waals surface area contributed by atoms with E-state index in [-0.39, 0.29) is 46.1 Å². The van der Waals surface area contributed by atoms with Gasteiger partial charge in [-0.05, 0) is 40.9 Å². The predicted octanol–water partition coefficient (Wildman–Crippen LogP) is 5.87. The molecule has 2 saturated heterocycles. The molecule has 0 aromatic heterocycles. The summed E-state index contributed by atoms with van der Waals surface area (Å²) in [6, 6.07) is 0. The zero-order valence-corrected chi connectivity index (χ0v) is 20.9. The average Bonchev–Trinajstić information content (AvgIpc) is 2.86. The quantitative estimate of drug-likeness (QED) is 0.566. The Hall–Kier alpha value is -0.160. The SMILES string of the molecule is CC(C)(C)C1OCCCOC1C(C)(C)CCC(C)(C)C1OCCOC1C(C)(C)C. The van der Waals surface area contributed by atoms with E-state index in [0.29, 0.717) is 13.2 Å². The highest BCUT2D eigenvalue weighted by Gasteiger charge is 2.47. The van der Waals surface area contributed by atoms with Gasteiger partial charge in [0.15, 0.2) is 0 Å². The molecule has 172 valence electrons. The molecule has 0 aliphatic carbocycles. The highest BCUT2D eigenvalue weighted by Crippen LogP contribution is 2.45. The van der Waals surface area contributed by atoms with E-state index in [2.05, 4.69) is 69.2 Å². The van der Waals surface area contributed by atoms with E-state index in [1.807, 2.05) is 0 Å². The lowest BCUT2D eigenvalue weighted by molar-refractivity contribution is -0.210. The third-order valence-corrected chi connectivity index (χ3v) is 6.77. The second kappa shape index (κ2) is 9.14. The summed E-state index contributed by atoms with van der Waals surface area (Å²) in [5.41, 5.74) is 0.164. The summed E-state index contributed by atoms with van der Waals surface area (Å²) in [6.45, 7) is 25.9. The fourth-order valence-electron chi connectivity index (χ4n) is 4.79. The van der Waals surface area contributed by atoms with Crippen LogP contribution in [0, 0.1) is 21.7 Å². The van der Waals surface area contributed by atoms with Gasteiger partial charge >= 0.3 is 0 Å². The standard InChI is InChI=1S/C25H48O4/c1-22(2,3)18-20(27-15-11-14-26-18)24(7,8)12-13-25(9,10)21-19(23(4,5)6)28-16-17-29-21/h18-21H,11-17H2,1-10H3. The lowest BCUT2D eigenvalue weighted by atomic mass is 9.67. The molecule has 29 heavy (non-hydrogen) atoms. The van der Waals surface area contributed by atoms with Crippen LogP contribution in [-0.4, -0.2) is 50.8 Å². The van der Waals surface area contributed by atoms with Gasteiger partial charge in [0.05, 0.1) is 37.6 Å². The van der Waals surface area contributed by atoms with Crippen molar-refractivity contribution in [2.75, 3.05) is 26.4 Å². The minimum Gasteiger partial charge on any atom is -0.375 e. The molecule has 2 fully saturated rings. The third kappa shape index (κ3) is 6.41. The summed E-state index contributed by atoms with van der Waals surface area (Å²) in [5, 5.41) is 0. The summed E-state index contributed by atoms with van der Waals surface area (Å²) in [4.78, 5) is 0. The maximum atomic E-state index is 6.41. The van der Waals surface area contributed by atoms with Crippen molar-refractivity contribution in [3.05, 3.63) is 0 Å². The van der Waals surface area contributed by atoms with Gasteiger partial charge < -0.3 is 18.9 Å². The Morgan fingerprint density at radius 1 is 0.483 bits per heavy atom. The van der Waals surface area contributed by atoms with Crippen molar-refractivity contribution in [1.82, 2.24) is 0 Å². The fraction of sp³-hybridized carbons (Fsp3) is 1.00. The molecule has 0 N–H and O–H groups in total. The van der Waals surface area contributed by atoms with Gasteiger partial charge in [-0.15, -0.1) is 0 Å². The van der Waals surface area contributed by atoms with E-state index >= 15 is 0 Å². The molecule has 4 unspecified atom stereocenters. The van der Waals surface area contributed by atoms with Crippen LogP contribution < -0.4 is 0 Å². The summed E-state index contributed by atoms with van der Waals surface area (Å²) in [7, 11) is 0. The Labute approximate surface area is 180 Å². The van der Waals surface area contributed by atoms with E-state index in [1.54, 1.807) is 0 Å². The maximum absolute atomic E-state index is 6.41. The first-order valence-electron chi connectivity index (χ1n) is 11.6. The van der Waals surface area contributed by atoms with Gasteiger partial charge in [-0.1, -0.05) is 69.2 Å². The number of ether oxygens (including phenoxy) is 4. The monoisotopic (exact) mass is 412 g/mol. The lowest BCUT2D eigenvalue weighted by Crippen LogP contribution is -2.53. The topological polar surface area (TPSA) is 36.9 Å². The summed E-state index contributed by atoms with van der Waals surface area (Å²) in [5.74, 6) is 0. The predicted molar refractivity (Wildman–Crippen MR) is 119 cm³/mol. The minimum absolute atomic E-state index is 0.0201. The van der Waals surface area contributed by atoms with Crippen LogP contribution in [0.25, 0.3) is 0 Å². The van der Waals surface area contributed by atoms with Crippen LogP contribution in [0.3, 0.4) is 0 Å². The molecule has 0 bridgehead atoms. The van der Waals surface area contributed by atoms with Crippen LogP contribution >= 0.6 is 0 Å². The molecule has 4 nitrogen and oxygen atoms in total. The first kappa shape index (κ1) is 25.1. The first-order valence-corrected chi connectivity index (χ1v) is 11.6. The van der Waals surface area contributed by atoms with Gasteiger partial charge in [-0.3, -0.25) is 0 Å². The van der Waals surface area contributed by atoms with E-state index in [0.717, 1.165) is 32.5 Å². The maximum Gasteiger partial charge on any atom is 0.0893 e. The second-order valence-electron chi connectivity index (χ2n) is 12.7. The first-order chi connectivity index (χ1) is 13.2. The highest BCUT2D eigenvalue weighted by atomic mass is 16.6. The van der Waals surface area contributed by atoms with Crippen molar-refractivity contribution in [2.24, 2.45) is 21.7 Å². The van der Waals surface area contributed by atoms with E-state index in [9.17, 15) is 0 Å². The molecule has 4 atom stereocenters. The van der Waals surface area contributed by atoms with Gasteiger partial charge in [-0.2, -0.15) is 0 Å². The Balaban J connectivity index is 2.14. The molecule has 2 heterocycles. The van der Waals surface area contributed by atoms with Crippen LogP contribution in [0.5, 0.6) is 0 Å². The van der Waals surface area contributed by atoms with E-state index < -0.39 is 0 Å². The molecule has 0 aromatic rings. The van der Waals surface area contributed by atoms with Crippen molar-refractivity contribution in [3.63, 3.8) is 0 Å². The molecule has 0 spiro atoms. The second-order valence-corrected chi connectivity index (χ2v) is 12.7. The number of hydrogen-bond donors (Lipinski definition) is 0. The molecule has 0 saturated carbocycles. The van der Waals surface area contributed by atoms with Crippen LogP contribution in [0.4, 0.5) is 0 Å². The van der Waals surface area contributed by atoms with Gasteiger partial charge in [0.25, 0.3) is 0 Å². The summed E-state index contributed by atoms with van der Waals surface area (Å²) >= 11 is 0. The van der Waals surface area contributed by atoms with Crippen LogP contribution in [-0.2, 0) is 18.9 Å². The Morgan fingerprint density at radius 3 is 1.17 bits per heavy atom. The van der Waals surface area contributed by atoms with Crippen LogP contribution in [0.2, 0.25) is 0 Å². The number of hydrogen-bond acceptors (Lipinski definition) is 4. The Bertz CT molecular complexity index is 512. The van der Waals surface area contributed by atoms with Crippen molar-refractivity contribution in [3.8, 4) is 0 Å². The molecular weight excluding hydrogens is 364 g/mol. The summed E-state index contributed by atoms with van der Waals surface area (Å²) < 4.78 is 25.2. The van der Waals surface area contributed by atoms with Gasteiger partial charge in [-0.25, -0.2) is 0 Å². The van der Waals surface area contributed by atoms with Crippen molar-refractivity contribution >= 4 is 0 Å². The Morgan fingerprint density at radius 2 is 0.793 bits per heavy atom. The van der Waals surface area contributed by atoms with Crippen molar-refractivity contribution in [2.45, 2.75) is 113 Å². The lowest BCUT2D eigenvalue weighted by Gasteiger charge is -2.48. The molecule has 0 aromatic carbocycles. The molecule has 0 amide bonds. The van der Waals surface area contributed by atoms with E-state index in [4.69, 9.17) is 18.9 Å². The van der Waals surface area contributed by atoms with Crippen LogP contribution in [0.15, 0.2) is 0 Å². The minimum atomic E-state index is 0.0201. The van der Waals surface area contributed by atoms with Crippen molar-refractivity contribution in [1.29, 1.82) is 0 Å². The third-order valence-electron chi connectivity index (χ3n) is 6.77. The molecule has 2 aliphatic heterocycles. The molecule has 2 aliphatic rings. The van der Waals surface area contributed by atoms with Crippen molar-refractivity contribution < 1.29 is 18.9 Å². The largest absolute Gasteiger partial charge is 0.375 e. The zero-order chi connectivity index (χ0) is 22.1. The Kier molecular flexibility index (Phi) is 7.91. The molecule has 0 radical (unpaired) electrons. The fourth-order valence-corrected chi connectivity index (χ4v) is 4.79. The van der Waals surface area contributed by atoms with Crippen LogP contribution in [0.1, 0.15) is 88.5 Å². The van der Waals surface area contributed by atoms with Gasteiger partial charge in [0, 0.05) is 13.2 Å².